The van der Waals surface area contributed by atoms with Crippen molar-refractivity contribution in [1.82, 2.24) is 4.90 Å². The van der Waals surface area contributed by atoms with Gasteiger partial charge < -0.3 is 9.84 Å². The summed E-state index contributed by atoms with van der Waals surface area (Å²) in [7, 11) is 0. The van der Waals surface area contributed by atoms with Crippen molar-refractivity contribution in [2.75, 3.05) is 19.7 Å². The lowest BCUT2D eigenvalue weighted by Crippen LogP contribution is -2.38. The van der Waals surface area contributed by atoms with E-state index in [4.69, 9.17) is 4.74 Å². The highest BCUT2D eigenvalue weighted by Gasteiger charge is 2.28. The van der Waals surface area contributed by atoms with Gasteiger partial charge in [0.25, 0.3) is 0 Å². The minimum absolute atomic E-state index is 0.208. The van der Waals surface area contributed by atoms with Crippen LogP contribution < -0.4 is 0 Å². The van der Waals surface area contributed by atoms with E-state index in [-0.39, 0.29) is 12.3 Å². The van der Waals surface area contributed by atoms with Gasteiger partial charge in [-0.25, -0.2) is 0 Å². The zero-order chi connectivity index (χ0) is 9.14. The maximum Gasteiger partial charge on any atom is 0.113 e. The molecule has 0 amide bonds. The van der Waals surface area contributed by atoms with Crippen molar-refractivity contribution in [2.24, 2.45) is 5.92 Å². The van der Waals surface area contributed by atoms with Gasteiger partial charge in [-0.15, -0.1) is 0 Å². The van der Waals surface area contributed by atoms with Crippen LogP contribution in [0.1, 0.15) is 20.8 Å². The second-order valence-corrected chi connectivity index (χ2v) is 3.85. The van der Waals surface area contributed by atoms with Gasteiger partial charge in [0, 0.05) is 13.1 Å². The van der Waals surface area contributed by atoms with Crippen LogP contribution in [-0.4, -0.2) is 42.0 Å². The summed E-state index contributed by atoms with van der Waals surface area (Å²) in [6.45, 7) is 8.58. The van der Waals surface area contributed by atoms with E-state index in [1.54, 1.807) is 0 Å². The third-order valence-electron chi connectivity index (χ3n) is 2.10. The number of nitrogens with zero attached hydrogens (tertiary/aromatic N) is 1. The zero-order valence-electron chi connectivity index (χ0n) is 8.16. The predicted molar refractivity (Wildman–Crippen MR) is 47.8 cm³/mol. The molecule has 1 N–H and O–H groups in total. The molecular weight excluding hydrogens is 154 g/mol. The Hall–Kier alpha value is -0.120. The molecule has 2 atom stereocenters. The van der Waals surface area contributed by atoms with Crippen molar-refractivity contribution in [2.45, 2.75) is 33.1 Å². The molecule has 0 spiro atoms. The summed E-state index contributed by atoms with van der Waals surface area (Å²) in [6, 6.07) is 0. The van der Waals surface area contributed by atoms with E-state index in [0.29, 0.717) is 5.92 Å². The second-order valence-electron chi connectivity index (χ2n) is 3.85. The van der Waals surface area contributed by atoms with Gasteiger partial charge in [0.05, 0.1) is 12.7 Å². The van der Waals surface area contributed by atoms with Gasteiger partial charge in [-0.1, -0.05) is 13.8 Å². The van der Waals surface area contributed by atoms with E-state index in [1.807, 2.05) is 6.92 Å². The topological polar surface area (TPSA) is 32.7 Å². The number of β-amino-alcohol motifs (C(OH)–C–C–N with tert-alkyl or cyclic N) is 1. The summed E-state index contributed by atoms with van der Waals surface area (Å²) in [4.78, 5) is 2.20. The van der Waals surface area contributed by atoms with Gasteiger partial charge >= 0.3 is 0 Å². The van der Waals surface area contributed by atoms with Crippen LogP contribution in [0.3, 0.4) is 0 Å². The Kier molecular flexibility index (Phi) is 3.50. The average molecular weight is 173 g/mol. The van der Waals surface area contributed by atoms with Crippen molar-refractivity contribution in [3.63, 3.8) is 0 Å². The Bertz CT molecular complexity index is 136. The summed E-state index contributed by atoms with van der Waals surface area (Å²) in [5, 5.41) is 9.22. The fourth-order valence-electron chi connectivity index (χ4n) is 1.67. The molecule has 1 heterocycles. The summed E-state index contributed by atoms with van der Waals surface area (Å²) in [5.41, 5.74) is 0. The standard InChI is InChI=1S/C9H19NO2/c1-7(2)9-10(4-5-12-9)6-8(3)11/h7-9,11H,4-6H2,1-3H3/t8-,9-/m0/s1. The molecule has 1 fully saturated rings. The van der Waals surface area contributed by atoms with Gasteiger partial charge in [-0.3, -0.25) is 4.90 Å². The van der Waals surface area contributed by atoms with Crippen LogP contribution in [0.5, 0.6) is 0 Å². The molecule has 0 unspecified atom stereocenters. The maximum atomic E-state index is 9.22. The highest BCUT2D eigenvalue weighted by atomic mass is 16.5. The molecule has 0 aromatic carbocycles. The molecule has 0 bridgehead atoms. The van der Waals surface area contributed by atoms with Gasteiger partial charge in [0.15, 0.2) is 0 Å². The van der Waals surface area contributed by atoms with Crippen molar-refractivity contribution >= 4 is 0 Å². The second kappa shape index (κ2) is 4.21. The van der Waals surface area contributed by atoms with Crippen LogP contribution in [0.25, 0.3) is 0 Å². The first-order chi connectivity index (χ1) is 5.61. The number of aliphatic hydroxyl groups is 1. The molecular formula is C9H19NO2. The van der Waals surface area contributed by atoms with E-state index in [2.05, 4.69) is 18.7 Å². The van der Waals surface area contributed by atoms with Gasteiger partial charge in [-0.05, 0) is 12.8 Å². The van der Waals surface area contributed by atoms with Crippen LogP contribution in [-0.2, 0) is 4.74 Å². The summed E-state index contributed by atoms with van der Waals surface area (Å²) in [5.74, 6) is 0.506. The van der Waals surface area contributed by atoms with Crippen LogP contribution in [0.4, 0.5) is 0 Å². The lowest BCUT2D eigenvalue weighted by Gasteiger charge is -2.26. The molecule has 0 aliphatic carbocycles. The quantitative estimate of drug-likeness (QED) is 0.681. The van der Waals surface area contributed by atoms with Crippen molar-refractivity contribution in [1.29, 1.82) is 0 Å². The molecule has 12 heavy (non-hydrogen) atoms. The summed E-state index contributed by atoms with van der Waals surface area (Å²) < 4.78 is 5.54. The third kappa shape index (κ3) is 2.44. The predicted octanol–water partition coefficient (Wildman–Crippen LogP) is 0.681. The summed E-state index contributed by atoms with van der Waals surface area (Å²) >= 11 is 0. The third-order valence-corrected chi connectivity index (χ3v) is 2.10. The van der Waals surface area contributed by atoms with E-state index in [1.165, 1.54) is 0 Å². The Labute approximate surface area is 74.3 Å². The average Bonchev–Trinajstić information content (AvgIpc) is 2.33. The molecule has 72 valence electrons. The fourth-order valence-corrected chi connectivity index (χ4v) is 1.67. The van der Waals surface area contributed by atoms with Gasteiger partial charge in [-0.2, -0.15) is 0 Å². The van der Waals surface area contributed by atoms with E-state index in [0.717, 1.165) is 19.7 Å². The largest absolute Gasteiger partial charge is 0.392 e. The first kappa shape index (κ1) is 9.96. The van der Waals surface area contributed by atoms with E-state index in [9.17, 15) is 5.11 Å². The number of rotatable bonds is 3. The fraction of sp³-hybridized carbons (Fsp3) is 1.00. The molecule has 0 saturated carbocycles. The first-order valence-electron chi connectivity index (χ1n) is 4.65. The normalized spacial score (nSPS) is 28.2. The maximum absolute atomic E-state index is 9.22. The Morgan fingerprint density at radius 1 is 1.50 bits per heavy atom. The highest BCUT2D eigenvalue weighted by molar-refractivity contribution is 4.73. The number of ether oxygens (including phenoxy) is 1. The number of aliphatic hydroxyl groups excluding tert-OH is 1. The Morgan fingerprint density at radius 2 is 2.17 bits per heavy atom. The Morgan fingerprint density at radius 3 is 2.67 bits per heavy atom. The molecule has 3 heteroatoms. The van der Waals surface area contributed by atoms with Crippen molar-refractivity contribution in [3.8, 4) is 0 Å². The monoisotopic (exact) mass is 173 g/mol. The van der Waals surface area contributed by atoms with E-state index < -0.39 is 0 Å². The minimum atomic E-state index is -0.257. The molecule has 0 aromatic heterocycles. The summed E-state index contributed by atoms with van der Waals surface area (Å²) in [6.07, 6.45) is -0.0486. The minimum Gasteiger partial charge on any atom is -0.392 e. The van der Waals surface area contributed by atoms with Crippen LogP contribution in [0.2, 0.25) is 0 Å². The van der Waals surface area contributed by atoms with Crippen LogP contribution in [0.15, 0.2) is 0 Å². The highest BCUT2D eigenvalue weighted by Crippen LogP contribution is 2.17. The lowest BCUT2D eigenvalue weighted by atomic mass is 10.1. The number of hydrogen-bond acceptors (Lipinski definition) is 3. The van der Waals surface area contributed by atoms with Crippen molar-refractivity contribution < 1.29 is 9.84 Å². The molecule has 1 aliphatic heterocycles. The molecule has 1 rings (SSSR count). The molecule has 0 aromatic rings. The lowest BCUT2D eigenvalue weighted by molar-refractivity contribution is -0.0167. The number of hydrogen-bond donors (Lipinski definition) is 1. The first-order valence-corrected chi connectivity index (χ1v) is 4.65. The van der Waals surface area contributed by atoms with Crippen molar-refractivity contribution in [3.05, 3.63) is 0 Å². The van der Waals surface area contributed by atoms with Crippen LogP contribution in [0, 0.1) is 5.92 Å². The van der Waals surface area contributed by atoms with E-state index >= 15 is 0 Å². The van der Waals surface area contributed by atoms with Crippen LogP contribution >= 0.6 is 0 Å². The molecule has 3 nitrogen and oxygen atoms in total. The van der Waals surface area contributed by atoms with Gasteiger partial charge in [0.2, 0.25) is 0 Å². The molecule has 0 radical (unpaired) electrons. The molecule has 1 aliphatic rings. The molecule has 1 saturated heterocycles. The zero-order valence-corrected chi connectivity index (χ0v) is 8.16. The smallest absolute Gasteiger partial charge is 0.113 e. The van der Waals surface area contributed by atoms with Gasteiger partial charge in [0.1, 0.15) is 6.23 Å². The Balaban J connectivity index is 2.41. The SMILES string of the molecule is CC(C)[C@@H]1OCCN1C[C@H](C)O.